The van der Waals surface area contributed by atoms with Crippen LogP contribution in [0.2, 0.25) is 0 Å². The molecule has 2 aromatic rings. The SMILES string of the molecule is CCOC(=O)C(C)(Cl)C(=O)c1ccc2ccccc2c1. The molecule has 2 rings (SSSR count). The predicted octanol–water partition coefficient (Wildman–Crippen LogP) is 3.58. The van der Waals surface area contributed by atoms with E-state index in [2.05, 4.69) is 0 Å². The molecule has 4 heteroatoms. The normalized spacial score (nSPS) is 13.8. The van der Waals surface area contributed by atoms with Crippen molar-refractivity contribution in [3.63, 3.8) is 0 Å². The zero-order valence-electron chi connectivity index (χ0n) is 11.4. The first-order valence-electron chi connectivity index (χ1n) is 6.36. The van der Waals surface area contributed by atoms with Gasteiger partial charge in [-0.05, 0) is 30.7 Å². The monoisotopic (exact) mass is 290 g/mol. The lowest BCUT2D eigenvalue weighted by Crippen LogP contribution is -2.39. The van der Waals surface area contributed by atoms with Crippen molar-refractivity contribution in [2.24, 2.45) is 0 Å². The summed E-state index contributed by atoms with van der Waals surface area (Å²) in [5, 5.41) is 1.95. The van der Waals surface area contributed by atoms with Gasteiger partial charge in [0.1, 0.15) is 0 Å². The Morgan fingerprint density at radius 3 is 2.45 bits per heavy atom. The second-order valence-electron chi connectivity index (χ2n) is 4.61. The van der Waals surface area contributed by atoms with E-state index in [1.807, 2.05) is 30.3 Å². The minimum atomic E-state index is -1.70. The van der Waals surface area contributed by atoms with E-state index < -0.39 is 16.6 Å². The van der Waals surface area contributed by atoms with Gasteiger partial charge >= 0.3 is 5.97 Å². The molecule has 104 valence electrons. The summed E-state index contributed by atoms with van der Waals surface area (Å²) in [5.41, 5.74) is 0.397. The highest BCUT2D eigenvalue weighted by atomic mass is 35.5. The number of esters is 1. The summed E-state index contributed by atoms with van der Waals surface area (Å²) in [7, 11) is 0. The van der Waals surface area contributed by atoms with Crippen LogP contribution in [0.5, 0.6) is 0 Å². The number of rotatable bonds is 4. The fourth-order valence-electron chi connectivity index (χ4n) is 1.96. The van der Waals surface area contributed by atoms with Gasteiger partial charge in [0.2, 0.25) is 4.87 Å². The molecule has 0 aliphatic rings. The number of carbonyl (C=O) groups is 2. The van der Waals surface area contributed by atoms with Crippen LogP contribution in [0.15, 0.2) is 42.5 Å². The van der Waals surface area contributed by atoms with Gasteiger partial charge in [0, 0.05) is 5.56 Å². The molecule has 0 spiro atoms. The van der Waals surface area contributed by atoms with Gasteiger partial charge in [-0.3, -0.25) is 4.79 Å². The van der Waals surface area contributed by atoms with Crippen LogP contribution in [0.1, 0.15) is 24.2 Å². The van der Waals surface area contributed by atoms with Crippen LogP contribution in [-0.4, -0.2) is 23.2 Å². The van der Waals surface area contributed by atoms with E-state index in [1.54, 1.807) is 19.1 Å². The van der Waals surface area contributed by atoms with Crippen molar-refractivity contribution in [2.75, 3.05) is 6.61 Å². The number of ketones is 1. The molecule has 20 heavy (non-hydrogen) atoms. The smallest absolute Gasteiger partial charge is 0.335 e. The molecule has 0 saturated heterocycles. The molecule has 0 aliphatic carbocycles. The third-order valence-electron chi connectivity index (χ3n) is 3.10. The van der Waals surface area contributed by atoms with E-state index >= 15 is 0 Å². The van der Waals surface area contributed by atoms with Crippen molar-refractivity contribution >= 4 is 34.1 Å². The Morgan fingerprint density at radius 1 is 1.15 bits per heavy atom. The van der Waals surface area contributed by atoms with Gasteiger partial charge in [0.15, 0.2) is 5.78 Å². The van der Waals surface area contributed by atoms with Gasteiger partial charge in [0.05, 0.1) is 6.61 Å². The molecule has 3 nitrogen and oxygen atoms in total. The molecule has 0 fully saturated rings. The average Bonchev–Trinajstić information content (AvgIpc) is 2.46. The van der Waals surface area contributed by atoms with E-state index in [0.717, 1.165) is 10.8 Å². The predicted molar refractivity (Wildman–Crippen MR) is 79.2 cm³/mol. The van der Waals surface area contributed by atoms with E-state index in [0.29, 0.717) is 5.56 Å². The molecule has 1 atom stereocenters. The highest BCUT2D eigenvalue weighted by molar-refractivity contribution is 6.47. The number of hydrogen-bond donors (Lipinski definition) is 0. The highest BCUT2D eigenvalue weighted by Crippen LogP contribution is 2.25. The summed E-state index contributed by atoms with van der Waals surface area (Å²) >= 11 is 6.08. The van der Waals surface area contributed by atoms with Gasteiger partial charge in [-0.1, -0.05) is 48.0 Å². The topological polar surface area (TPSA) is 43.4 Å². The molecule has 2 aromatic carbocycles. The van der Waals surface area contributed by atoms with Crippen molar-refractivity contribution in [1.82, 2.24) is 0 Å². The number of benzene rings is 2. The Morgan fingerprint density at radius 2 is 1.80 bits per heavy atom. The number of hydrogen-bond acceptors (Lipinski definition) is 3. The van der Waals surface area contributed by atoms with Crippen molar-refractivity contribution in [2.45, 2.75) is 18.7 Å². The first-order valence-corrected chi connectivity index (χ1v) is 6.74. The van der Waals surface area contributed by atoms with Crippen LogP contribution in [0.25, 0.3) is 10.8 Å². The number of ether oxygens (including phenoxy) is 1. The fourth-order valence-corrected chi connectivity index (χ4v) is 2.12. The third-order valence-corrected chi connectivity index (χ3v) is 3.42. The third kappa shape index (κ3) is 2.68. The maximum atomic E-state index is 12.4. The Kier molecular flexibility index (Phi) is 4.09. The minimum absolute atomic E-state index is 0.187. The largest absolute Gasteiger partial charge is 0.464 e. The van der Waals surface area contributed by atoms with Gasteiger partial charge < -0.3 is 4.74 Å². The maximum Gasteiger partial charge on any atom is 0.335 e. The van der Waals surface area contributed by atoms with Crippen molar-refractivity contribution in [3.05, 3.63) is 48.0 Å². The Bertz CT molecular complexity index is 662. The molecule has 0 N–H and O–H groups in total. The Labute approximate surface area is 122 Å². The molecule has 0 heterocycles. The van der Waals surface area contributed by atoms with Gasteiger partial charge in [0.25, 0.3) is 0 Å². The zero-order valence-corrected chi connectivity index (χ0v) is 12.1. The summed E-state index contributed by atoms with van der Waals surface area (Å²) in [6.07, 6.45) is 0. The zero-order chi connectivity index (χ0) is 14.8. The van der Waals surface area contributed by atoms with Crippen LogP contribution in [0, 0.1) is 0 Å². The standard InChI is InChI=1S/C16H15ClO3/c1-3-20-15(19)16(2,17)14(18)13-9-8-11-6-4-5-7-12(11)10-13/h4-10H,3H2,1-2H3. The second-order valence-corrected chi connectivity index (χ2v) is 5.37. The Hall–Kier alpha value is -1.87. The minimum Gasteiger partial charge on any atom is -0.464 e. The molecular formula is C16H15ClO3. The summed E-state index contributed by atoms with van der Waals surface area (Å²) in [5.74, 6) is -1.18. The van der Waals surface area contributed by atoms with E-state index in [1.165, 1.54) is 6.92 Å². The first-order chi connectivity index (χ1) is 9.46. The van der Waals surface area contributed by atoms with Crippen LogP contribution in [0.4, 0.5) is 0 Å². The number of alkyl halides is 1. The quantitative estimate of drug-likeness (QED) is 0.374. The van der Waals surface area contributed by atoms with Gasteiger partial charge in [-0.15, -0.1) is 0 Å². The van der Waals surface area contributed by atoms with E-state index in [9.17, 15) is 9.59 Å². The molecule has 0 bridgehead atoms. The highest BCUT2D eigenvalue weighted by Gasteiger charge is 2.41. The number of fused-ring (bicyclic) bond motifs is 1. The molecular weight excluding hydrogens is 276 g/mol. The van der Waals surface area contributed by atoms with Crippen LogP contribution in [-0.2, 0) is 9.53 Å². The van der Waals surface area contributed by atoms with Crippen molar-refractivity contribution in [1.29, 1.82) is 0 Å². The lowest BCUT2D eigenvalue weighted by atomic mass is 9.96. The lowest BCUT2D eigenvalue weighted by Gasteiger charge is -2.18. The Balaban J connectivity index is 2.37. The molecule has 0 saturated carbocycles. The molecule has 0 radical (unpaired) electrons. The summed E-state index contributed by atoms with van der Waals surface area (Å²) < 4.78 is 4.85. The van der Waals surface area contributed by atoms with E-state index in [4.69, 9.17) is 16.3 Å². The van der Waals surface area contributed by atoms with Crippen LogP contribution >= 0.6 is 11.6 Å². The molecule has 0 aliphatic heterocycles. The van der Waals surface area contributed by atoms with Crippen molar-refractivity contribution in [3.8, 4) is 0 Å². The average molecular weight is 291 g/mol. The van der Waals surface area contributed by atoms with E-state index in [-0.39, 0.29) is 6.61 Å². The number of carbonyl (C=O) groups excluding carboxylic acids is 2. The summed E-state index contributed by atoms with van der Waals surface area (Å²) in [4.78, 5) is 22.5. The fraction of sp³-hybridized carbons (Fsp3) is 0.250. The van der Waals surface area contributed by atoms with Crippen LogP contribution in [0.3, 0.4) is 0 Å². The molecule has 0 amide bonds. The summed E-state index contributed by atoms with van der Waals surface area (Å²) in [6.45, 7) is 3.22. The molecule has 1 unspecified atom stereocenters. The van der Waals surface area contributed by atoms with Gasteiger partial charge in [-0.25, -0.2) is 4.79 Å². The maximum absolute atomic E-state index is 12.4. The van der Waals surface area contributed by atoms with Crippen molar-refractivity contribution < 1.29 is 14.3 Å². The molecule has 0 aromatic heterocycles. The summed E-state index contributed by atoms with van der Waals surface area (Å²) in [6, 6.07) is 12.9. The second kappa shape index (κ2) is 5.63. The number of halogens is 1. The number of Topliss-reactive ketones (excluding diaryl/α,β-unsaturated/α-hetero) is 1. The lowest BCUT2D eigenvalue weighted by molar-refractivity contribution is -0.144. The first kappa shape index (κ1) is 14.5. The van der Waals surface area contributed by atoms with Gasteiger partial charge in [-0.2, -0.15) is 0 Å². The van der Waals surface area contributed by atoms with Crippen LogP contribution < -0.4 is 0 Å².